The van der Waals surface area contributed by atoms with Crippen molar-refractivity contribution in [2.45, 2.75) is 25.0 Å². The third kappa shape index (κ3) is 1.74. The number of methoxy groups -OCH3 is 1. The zero-order valence-electron chi connectivity index (χ0n) is 11.3. The van der Waals surface area contributed by atoms with Gasteiger partial charge in [-0.3, -0.25) is 14.4 Å². The van der Waals surface area contributed by atoms with E-state index in [2.05, 4.69) is 4.74 Å². The molecule has 2 aliphatic carbocycles. The third-order valence-corrected chi connectivity index (χ3v) is 4.65. The lowest BCUT2D eigenvalue weighted by Crippen LogP contribution is -2.45. The number of hydrogen-bond donors (Lipinski definition) is 0. The van der Waals surface area contributed by atoms with Crippen LogP contribution in [0.5, 0.6) is 0 Å². The van der Waals surface area contributed by atoms with Crippen molar-refractivity contribution < 1.29 is 38.1 Å². The molecule has 0 aromatic carbocycles. The molecule has 0 N–H and O–H groups in total. The minimum absolute atomic E-state index is 0.134. The van der Waals surface area contributed by atoms with Gasteiger partial charge in [-0.15, -0.1) is 0 Å². The lowest BCUT2D eigenvalue weighted by atomic mass is 9.73. The molecular weight excluding hydrogens is 284 g/mol. The molecule has 0 amide bonds. The summed E-state index contributed by atoms with van der Waals surface area (Å²) >= 11 is 0. The average Bonchev–Trinajstić information content (AvgIpc) is 3.06. The molecule has 1 saturated heterocycles. The van der Waals surface area contributed by atoms with Crippen LogP contribution in [0.3, 0.4) is 0 Å². The Labute approximate surface area is 119 Å². The summed E-state index contributed by atoms with van der Waals surface area (Å²) in [6.07, 6.45) is -0.401. The molecule has 2 saturated carbocycles. The van der Waals surface area contributed by atoms with E-state index in [1.165, 1.54) is 7.11 Å². The molecule has 114 valence electrons. The second-order valence-electron chi connectivity index (χ2n) is 5.50. The minimum atomic E-state index is -1.24. The SMILES string of the molecule is COC(=O)C12CC3CC1C(OC2=O)C3OC(=O)COC=O. The highest BCUT2D eigenvalue weighted by atomic mass is 16.6. The maximum atomic E-state index is 12.1. The molecule has 1 heterocycles. The minimum Gasteiger partial charge on any atom is -0.468 e. The average molecular weight is 298 g/mol. The Kier molecular flexibility index (Phi) is 3.11. The Balaban J connectivity index is 1.75. The van der Waals surface area contributed by atoms with Crippen LogP contribution in [0.4, 0.5) is 0 Å². The molecule has 2 bridgehead atoms. The fraction of sp³-hybridized carbons (Fsp3) is 0.692. The molecular formula is C13H14O8. The van der Waals surface area contributed by atoms with Crippen LogP contribution in [0.25, 0.3) is 0 Å². The van der Waals surface area contributed by atoms with Crippen LogP contribution in [0, 0.1) is 17.3 Å². The second-order valence-corrected chi connectivity index (χ2v) is 5.50. The first-order valence-electron chi connectivity index (χ1n) is 6.59. The summed E-state index contributed by atoms with van der Waals surface area (Å²) in [7, 11) is 1.23. The number of ether oxygens (including phenoxy) is 4. The second kappa shape index (κ2) is 4.71. The summed E-state index contributed by atoms with van der Waals surface area (Å²) in [5, 5.41) is 0. The van der Waals surface area contributed by atoms with Gasteiger partial charge in [0.2, 0.25) is 0 Å². The van der Waals surface area contributed by atoms with Gasteiger partial charge in [-0.1, -0.05) is 0 Å². The van der Waals surface area contributed by atoms with E-state index in [0.29, 0.717) is 6.42 Å². The van der Waals surface area contributed by atoms with E-state index in [0.717, 1.165) is 0 Å². The lowest BCUT2D eigenvalue weighted by Gasteiger charge is -2.29. The molecule has 8 nitrogen and oxygen atoms in total. The van der Waals surface area contributed by atoms with Crippen molar-refractivity contribution in [1.29, 1.82) is 0 Å². The molecule has 0 radical (unpaired) electrons. The van der Waals surface area contributed by atoms with Crippen LogP contribution >= 0.6 is 0 Å². The summed E-state index contributed by atoms with van der Waals surface area (Å²) in [5.74, 6) is -2.35. The van der Waals surface area contributed by atoms with Crippen molar-refractivity contribution >= 4 is 24.4 Å². The highest BCUT2D eigenvalue weighted by molar-refractivity contribution is 6.03. The largest absolute Gasteiger partial charge is 0.468 e. The van der Waals surface area contributed by atoms with Crippen LogP contribution < -0.4 is 0 Å². The first-order chi connectivity index (χ1) is 10.0. The predicted molar refractivity (Wildman–Crippen MR) is 62.4 cm³/mol. The van der Waals surface area contributed by atoms with E-state index in [1.807, 2.05) is 0 Å². The Morgan fingerprint density at radius 1 is 1.48 bits per heavy atom. The van der Waals surface area contributed by atoms with Crippen molar-refractivity contribution in [3.05, 3.63) is 0 Å². The molecule has 5 atom stereocenters. The zero-order chi connectivity index (χ0) is 15.2. The highest BCUT2D eigenvalue weighted by Crippen LogP contribution is 2.62. The van der Waals surface area contributed by atoms with Gasteiger partial charge in [0.05, 0.1) is 7.11 Å². The first kappa shape index (κ1) is 13.8. The van der Waals surface area contributed by atoms with Crippen LogP contribution in [0.1, 0.15) is 12.8 Å². The fourth-order valence-electron chi connectivity index (χ4n) is 3.90. The van der Waals surface area contributed by atoms with E-state index in [9.17, 15) is 19.2 Å². The molecule has 0 aromatic rings. The monoisotopic (exact) mass is 298 g/mol. The van der Waals surface area contributed by atoms with E-state index >= 15 is 0 Å². The predicted octanol–water partition coefficient (Wildman–Crippen LogP) is -0.804. The molecule has 1 aliphatic heterocycles. The first-order valence-corrected chi connectivity index (χ1v) is 6.59. The molecule has 3 aliphatic rings. The lowest BCUT2D eigenvalue weighted by molar-refractivity contribution is -0.167. The van der Waals surface area contributed by atoms with Gasteiger partial charge in [0, 0.05) is 11.8 Å². The normalized spacial score (nSPS) is 38.8. The van der Waals surface area contributed by atoms with Crippen molar-refractivity contribution in [2.24, 2.45) is 17.3 Å². The van der Waals surface area contributed by atoms with Crippen LogP contribution in [-0.4, -0.2) is 50.3 Å². The van der Waals surface area contributed by atoms with Gasteiger partial charge in [0.1, 0.15) is 12.2 Å². The number of hydrogen-bond acceptors (Lipinski definition) is 8. The number of carbonyl (C=O) groups excluding carboxylic acids is 4. The molecule has 21 heavy (non-hydrogen) atoms. The van der Waals surface area contributed by atoms with Crippen molar-refractivity contribution in [2.75, 3.05) is 13.7 Å². The molecule has 0 aromatic heterocycles. The standard InChI is InChI=1S/C13H14O8/c1-18-11(16)13-3-6-2-7(13)10(21-12(13)17)9(6)20-8(15)4-19-5-14/h5-7,9-10H,2-4H2,1H3. The van der Waals surface area contributed by atoms with E-state index < -0.39 is 42.1 Å². The summed E-state index contributed by atoms with van der Waals surface area (Å²) in [6.45, 7) is -0.333. The topological polar surface area (TPSA) is 105 Å². The van der Waals surface area contributed by atoms with Gasteiger partial charge in [-0.05, 0) is 12.8 Å². The van der Waals surface area contributed by atoms with Gasteiger partial charge in [-0.25, -0.2) is 4.79 Å². The van der Waals surface area contributed by atoms with E-state index in [4.69, 9.17) is 14.2 Å². The smallest absolute Gasteiger partial charge is 0.344 e. The Hall–Kier alpha value is -2.12. The Morgan fingerprint density at radius 3 is 2.90 bits per heavy atom. The van der Waals surface area contributed by atoms with Gasteiger partial charge >= 0.3 is 17.9 Å². The summed E-state index contributed by atoms with van der Waals surface area (Å²) in [6, 6.07) is 0. The molecule has 3 rings (SSSR count). The Bertz CT molecular complexity index is 514. The Morgan fingerprint density at radius 2 is 2.24 bits per heavy atom. The van der Waals surface area contributed by atoms with Crippen molar-refractivity contribution in [1.82, 2.24) is 0 Å². The third-order valence-electron chi connectivity index (χ3n) is 4.65. The summed E-state index contributed by atoms with van der Waals surface area (Å²) in [4.78, 5) is 45.6. The van der Waals surface area contributed by atoms with Gasteiger partial charge in [0.25, 0.3) is 6.47 Å². The van der Waals surface area contributed by atoms with Crippen molar-refractivity contribution in [3.8, 4) is 0 Å². The highest BCUT2D eigenvalue weighted by Gasteiger charge is 2.75. The van der Waals surface area contributed by atoms with E-state index in [-0.39, 0.29) is 24.7 Å². The summed E-state index contributed by atoms with van der Waals surface area (Å²) in [5.41, 5.74) is -1.24. The molecule has 0 spiro atoms. The number of fused-ring (bicyclic) bond motifs is 1. The van der Waals surface area contributed by atoms with Crippen molar-refractivity contribution in [3.63, 3.8) is 0 Å². The fourth-order valence-corrected chi connectivity index (χ4v) is 3.90. The molecule has 8 heteroatoms. The molecule has 3 fully saturated rings. The van der Waals surface area contributed by atoms with Gasteiger partial charge in [0.15, 0.2) is 12.0 Å². The van der Waals surface area contributed by atoms with Crippen LogP contribution in [-0.2, 0) is 38.1 Å². The van der Waals surface area contributed by atoms with Crippen LogP contribution in [0.2, 0.25) is 0 Å². The maximum absolute atomic E-state index is 12.1. The number of esters is 3. The zero-order valence-corrected chi connectivity index (χ0v) is 11.3. The number of rotatable bonds is 5. The van der Waals surface area contributed by atoms with E-state index in [1.54, 1.807) is 0 Å². The van der Waals surface area contributed by atoms with Gasteiger partial charge < -0.3 is 18.9 Å². The number of carbonyl (C=O) groups is 4. The quantitative estimate of drug-likeness (QED) is 0.281. The molecule has 5 unspecified atom stereocenters. The van der Waals surface area contributed by atoms with Crippen LogP contribution in [0.15, 0.2) is 0 Å². The summed E-state index contributed by atoms with van der Waals surface area (Å²) < 4.78 is 19.6. The van der Waals surface area contributed by atoms with Gasteiger partial charge in [-0.2, -0.15) is 0 Å². The maximum Gasteiger partial charge on any atom is 0.344 e.